The molecular formula is C15H10FNO2. The van der Waals surface area contributed by atoms with Crippen molar-refractivity contribution in [1.82, 2.24) is 0 Å². The van der Waals surface area contributed by atoms with Crippen LogP contribution in [-0.4, -0.2) is 16.2 Å². The van der Waals surface area contributed by atoms with Gasteiger partial charge in [-0.2, -0.15) is 4.74 Å². The lowest BCUT2D eigenvalue weighted by atomic mass is 10.0. The molecule has 0 spiro atoms. The van der Waals surface area contributed by atoms with Gasteiger partial charge in [0.1, 0.15) is 11.4 Å². The highest BCUT2D eigenvalue weighted by atomic mass is 19.1. The van der Waals surface area contributed by atoms with Gasteiger partial charge in [0.25, 0.3) is 11.5 Å². The van der Waals surface area contributed by atoms with Gasteiger partial charge in [-0.1, -0.05) is 17.7 Å². The van der Waals surface area contributed by atoms with E-state index in [0.29, 0.717) is 10.3 Å². The van der Waals surface area contributed by atoms with Crippen LogP contribution in [0.1, 0.15) is 21.5 Å². The second-order valence-corrected chi connectivity index (χ2v) is 4.50. The Kier molecular flexibility index (Phi) is 2.45. The number of hydrogen-bond acceptors (Lipinski definition) is 2. The molecule has 19 heavy (non-hydrogen) atoms. The summed E-state index contributed by atoms with van der Waals surface area (Å²) in [4.78, 5) is 12.2. The van der Waals surface area contributed by atoms with Gasteiger partial charge >= 0.3 is 0 Å². The molecule has 0 saturated heterocycles. The van der Waals surface area contributed by atoms with Crippen molar-refractivity contribution in [2.45, 2.75) is 6.92 Å². The molecule has 94 valence electrons. The van der Waals surface area contributed by atoms with Crippen LogP contribution >= 0.6 is 0 Å². The van der Waals surface area contributed by atoms with Crippen LogP contribution in [0.15, 0.2) is 42.5 Å². The first-order chi connectivity index (χ1) is 9.08. The Morgan fingerprint density at radius 3 is 2.47 bits per heavy atom. The summed E-state index contributed by atoms with van der Waals surface area (Å²) in [7, 11) is 0. The van der Waals surface area contributed by atoms with Gasteiger partial charge in [0.2, 0.25) is 5.69 Å². The van der Waals surface area contributed by atoms with Gasteiger partial charge in [0.05, 0.1) is 5.56 Å². The Morgan fingerprint density at radius 2 is 1.79 bits per heavy atom. The molecule has 0 saturated carbocycles. The van der Waals surface area contributed by atoms with Gasteiger partial charge in [-0.15, -0.1) is 0 Å². The average molecular weight is 255 g/mol. The third kappa shape index (κ3) is 1.73. The van der Waals surface area contributed by atoms with E-state index in [9.17, 15) is 14.4 Å². The smallest absolute Gasteiger partial charge is 0.272 e. The van der Waals surface area contributed by atoms with E-state index in [1.165, 1.54) is 12.1 Å². The van der Waals surface area contributed by atoms with Crippen LogP contribution in [0.2, 0.25) is 0 Å². The number of carbonyl (C=O) groups excluding carboxylic acids is 1. The number of fused-ring (bicyclic) bond motifs is 1. The molecule has 0 bridgehead atoms. The van der Waals surface area contributed by atoms with Crippen molar-refractivity contribution in [3.63, 3.8) is 0 Å². The summed E-state index contributed by atoms with van der Waals surface area (Å²) in [5.74, 6) is -0.897. The monoisotopic (exact) mass is 255 g/mol. The lowest BCUT2D eigenvalue weighted by Gasteiger charge is -2.02. The molecule has 0 fully saturated rings. The maximum Gasteiger partial charge on any atom is 0.272 e. The number of halogens is 1. The number of benzene rings is 2. The van der Waals surface area contributed by atoms with Gasteiger partial charge in [0, 0.05) is 6.07 Å². The summed E-state index contributed by atoms with van der Waals surface area (Å²) in [5, 5.41) is 12.1. The van der Waals surface area contributed by atoms with E-state index in [1.54, 1.807) is 12.1 Å². The van der Waals surface area contributed by atoms with Crippen molar-refractivity contribution in [1.29, 1.82) is 0 Å². The molecule has 4 heteroatoms. The number of aryl methyl sites for hydroxylation is 1. The Bertz CT molecular complexity index is 717. The molecule has 1 heterocycles. The Balaban J connectivity index is 2.18. The highest BCUT2D eigenvalue weighted by molar-refractivity contribution is 6.52. The zero-order chi connectivity index (χ0) is 13.6. The van der Waals surface area contributed by atoms with Crippen molar-refractivity contribution in [3.8, 4) is 0 Å². The fourth-order valence-corrected chi connectivity index (χ4v) is 2.16. The highest BCUT2D eigenvalue weighted by Crippen LogP contribution is 2.28. The molecule has 0 atom stereocenters. The Labute approximate surface area is 109 Å². The molecule has 0 amide bonds. The third-order valence-electron chi connectivity index (χ3n) is 3.17. The number of rotatable bonds is 1. The third-order valence-corrected chi connectivity index (χ3v) is 3.17. The molecule has 0 aromatic heterocycles. The highest BCUT2D eigenvalue weighted by Gasteiger charge is 2.36. The SMILES string of the molecule is Cc1ccc(C2=[N+]([O-])c3cc(F)ccc3C2=O)cc1. The van der Waals surface area contributed by atoms with Crippen LogP contribution in [0.3, 0.4) is 0 Å². The summed E-state index contributed by atoms with van der Waals surface area (Å²) in [6.07, 6.45) is 0. The van der Waals surface area contributed by atoms with Crippen LogP contribution in [0.5, 0.6) is 0 Å². The van der Waals surface area contributed by atoms with Crippen LogP contribution in [0, 0.1) is 17.9 Å². The molecule has 2 aromatic carbocycles. The van der Waals surface area contributed by atoms with Crippen molar-refractivity contribution in [3.05, 3.63) is 70.2 Å². The predicted molar refractivity (Wildman–Crippen MR) is 69.3 cm³/mol. The minimum absolute atomic E-state index is 0.0422. The van der Waals surface area contributed by atoms with Crippen LogP contribution in [0.25, 0.3) is 0 Å². The molecule has 2 aromatic rings. The van der Waals surface area contributed by atoms with Crippen molar-refractivity contribution >= 4 is 17.2 Å². The van der Waals surface area contributed by atoms with E-state index in [0.717, 1.165) is 11.6 Å². The second-order valence-electron chi connectivity index (χ2n) is 4.50. The molecule has 0 radical (unpaired) electrons. The first-order valence-electron chi connectivity index (χ1n) is 5.83. The largest absolute Gasteiger partial charge is 0.618 e. The summed E-state index contributed by atoms with van der Waals surface area (Å²) in [6.45, 7) is 1.92. The van der Waals surface area contributed by atoms with E-state index in [4.69, 9.17) is 0 Å². The van der Waals surface area contributed by atoms with Crippen molar-refractivity contribution in [2.24, 2.45) is 0 Å². The molecule has 3 nitrogen and oxygen atoms in total. The van der Waals surface area contributed by atoms with Crippen LogP contribution < -0.4 is 0 Å². The number of nitrogens with zero attached hydrogens (tertiary/aromatic N) is 1. The molecule has 1 aliphatic heterocycles. The maximum atomic E-state index is 13.2. The quantitative estimate of drug-likeness (QED) is 0.580. The summed E-state index contributed by atoms with van der Waals surface area (Å²) >= 11 is 0. The minimum atomic E-state index is -0.530. The molecule has 0 N–H and O–H groups in total. The number of carbonyl (C=O) groups is 1. The van der Waals surface area contributed by atoms with E-state index in [2.05, 4.69) is 0 Å². The molecule has 0 aliphatic carbocycles. The van der Waals surface area contributed by atoms with E-state index in [1.807, 2.05) is 19.1 Å². The van der Waals surface area contributed by atoms with Crippen LogP contribution in [-0.2, 0) is 0 Å². The molecular weight excluding hydrogens is 245 g/mol. The summed E-state index contributed by atoms with van der Waals surface area (Å²) < 4.78 is 13.7. The van der Waals surface area contributed by atoms with E-state index < -0.39 is 5.82 Å². The fourth-order valence-electron chi connectivity index (χ4n) is 2.16. The van der Waals surface area contributed by atoms with Crippen molar-refractivity contribution < 1.29 is 13.9 Å². The number of ketones is 1. The number of Topliss-reactive ketones (excluding diaryl/α,β-unsaturated/α-hetero) is 1. The average Bonchev–Trinajstić information content (AvgIpc) is 2.63. The molecule has 3 rings (SSSR count). The zero-order valence-corrected chi connectivity index (χ0v) is 10.2. The summed E-state index contributed by atoms with van der Waals surface area (Å²) in [6, 6.07) is 10.7. The van der Waals surface area contributed by atoms with Gasteiger partial charge in [-0.25, -0.2) is 4.39 Å². The van der Waals surface area contributed by atoms with Crippen LogP contribution in [0.4, 0.5) is 10.1 Å². The van der Waals surface area contributed by atoms with Crippen molar-refractivity contribution in [2.75, 3.05) is 0 Å². The second kappa shape index (κ2) is 4.02. The Hall–Kier alpha value is -2.49. The first kappa shape index (κ1) is 11.6. The maximum absolute atomic E-state index is 13.2. The van der Waals surface area contributed by atoms with Gasteiger partial charge in [0.15, 0.2) is 0 Å². The van der Waals surface area contributed by atoms with E-state index >= 15 is 0 Å². The zero-order valence-electron chi connectivity index (χ0n) is 10.2. The fraction of sp³-hybridized carbons (Fsp3) is 0.0667. The number of hydrogen-bond donors (Lipinski definition) is 0. The summed E-state index contributed by atoms with van der Waals surface area (Å²) in [5.41, 5.74) is 1.94. The minimum Gasteiger partial charge on any atom is -0.618 e. The predicted octanol–water partition coefficient (Wildman–Crippen LogP) is 2.96. The standard InChI is InChI=1S/C15H10FNO2/c1-9-2-4-10(5-3-9)14-15(18)12-7-6-11(16)8-13(12)17(14)19/h2-8H,1H3. The first-order valence-corrected chi connectivity index (χ1v) is 5.83. The normalized spacial score (nSPS) is 13.9. The lowest BCUT2D eigenvalue weighted by molar-refractivity contribution is -0.355. The lowest BCUT2D eigenvalue weighted by Crippen LogP contribution is -2.16. The van der Waals surface area contributed by atoms with Gasteiger partial charge in [-0.05, 0) is 31.2 Å². The van der Waals surface area contributed by atoms with Gasteiger partial charge in [-0.3, -0.25) is 4.79 Å². The van der Waals surface area contributed by atoms with Gasteiger partial charge < -0.3 is 5.21 Å². The molecule has 1 aliphatic rings. The van der Waals surface area contributed by atoms with E-state index in [-0.39, 0.29) is 22.7 Å². The Morgan fingerprint density at radius 1 is 1.11 bits per heavy atom. The topological polar surface area (TPSA) is 43.1 Å². The molecule has 0 unspecified atom stereocenters.